The van der Waals surface area contributed by atoms with Crippen molar-refractivity contribution >= 4 is 0 Å². The molecule has 1 aliphatic carbocycles. The summed E-state index contributed by atoms with van der Waals surface area (Å²) in [5, 5.41) is 68.4. The molecule has 2 saturated heterocycles. The fourth-order valence-corrected chi connectivity index (χ4v) is 5.21. The van der Waals surface area contributed by atoms with Crippen molar-refractivity contribution in [3.63, 3.8) is 0 Å². The first-order chi connectivity index (χ1) is 18.5. The molecule has 16 heteroatoms. The minimum Gasteiger partial charge on any atom is -0.394 e. The number of aliphatic hydroxyl groups excluding tert-OH is 6. The third-order valence-corrected chi connectivity index (χ3v) is 7.62. The van der Waals surface area contributed by atoms with Crippen molar-refractivity contribution < 1.29 is 49.6 Å². The van der Waals surface area contributed by atoms with Crippen LogP contribution in [0.4, 0.5) is 0 Å². The summed E-state index contributed by atoms with van der Waals surface area (Å²) in [6.45, 7) is 2.46. The average Bonchev–Trinajstić information content (AvgIpc) is 2.91. The molecular weight excluding hydrogens is 520 g/mol. The second-order valence-corrected chi connectivity index (χ2v) is 10.6. The summed E-state index contributed by atoms with van der Waals surface area (Å²) in [4.78, 5) is 0. The summed E-state index contributed by atoms with van der Waals surface area (Å²) in [6, 6.07) is -3.25. The average molecular weight is 569 g/mol. The van der Waals surface area contributed by atoms with E-state index in [-0.39, 0.29) is 25.9 Å². The van der Waals surface area contributed by atoms with Crippen LogP contribution in [-0.2, 0) is 18.9 Å². The Morgan fingerprint density at radius 1 is 0.897 bits per heavy atom. The zero-order valence-corrected chi connectivity index (χ0v) is 22.2. The summed E-state index contributed by atoms with van der Waals surface area (Å²) < 4.78 is 23.6. The summed E-state index contributed by atoms with van der Waals surface area (Å²) in [6.07, 6.45) is -11.7. The number of nitrogens with one attached hydrogen (secondary N) is 2. The molecule has 0 bridgehead atoms. The predicted octanol–water partition coefficient (Wildman–Crippen LogP) is -6.69. The van der Waals surface area contributed by atoms with Crippen LogP contribution in [0.15, 0.2) is 0 Å². The molecule has 0 aromatic carbocycles. The Hall–Kier alpha value is -0.640. The van der Waals surface area contributed by atoms with Gasteiger partial charge in [-0.3, -0.25) is 0 Å². The van der Waals surface area contributed by atoms with Gasteiger partial charge < -0.3 is 83.2 Å². The Morgan fingerprint density at radius 3 is 2.21 bits per heavy atom. The van der Waals surface area contributed by atoms with Crippen LogP contribution in [0.3, 0.4) is 0 Å². The Morgan fingerprint density at radius 2 is 1.56 bits per heavy atom. The molecule has 2 unspecified atom stereocenters. The molecule has 3 fully saturated rings. The highest BCUT2D eigenvalue weighted by molar-refractivity contribution is 5.02. The molecular formula is C23H48N6O10. The fraction of sp³-hybridized carbons (Fsp3) is 1.00. The van der Waals surface area contributed by atoms with Crippen LogP contribution in [0.5, 0.6) is 0 Å². The van der Waals surface area contributed by atoms with Crippen LogP contribution in [-0.4, -0.2) is 155 Å². The van der Waals surface area contributed by atoms with Crippen molar-refractivity contribution in [1.82, 2.24) is 10.6 Å². The van der Waals surface area contributed by atoms with Crippen LogP contribution in [0.1, 0.15) is 19.8 Å². The van der Waals surface area contributed by atoms with Crippen LogP contribution < -0.4 is 33.6 Å². The van der Waals surface area contributed by atoms with E-state index in [2.05, 4.69) is 10.6 Å². The normalized spacial score (nSPS) is 46.2. The lowest BCUT2D eigenvalue weighted by atomic mass is 9.83. The number of aliphatic hydroxyl groups is 6. The first-order valence-corrected chi connectivity index (χ1v) is 13.6. The highest BCUT2D eigenvalue weighted by atomic mass is 16.7. The zero-order valence-electron chi connectivity index (χ0n) is 22.2. The highest BCUT2D eigenvalue weighted by Crippen LogP contribution is 2.31. The van der Waals surface area contributed by atoms with Gasteiger partial charge in [-0.25, -0.2) is 0 Å². The molecule has 0 spiro atoms. The van der Waals surface area contributed by atoms with Gasteiger partial charge in [0, 0.05) is 31.7 Å². The standard InChI is InChI=1S/C23H48N6O10/c1-2-28-7-14-13(32)4-11(26)22(36-14)38-20-10(25)3-12(29-6-9(31)5-24)21(19(20)35)39-23-18(34)16(27)17(33)15(8-30)37-23/h9-23,28-35H,2-8,24-27H2,1H3/t9?,10-,11+,12+,13-,14+,15+,16-,17+,18+,19-,20?,21-,22+,23+/m0/s1. The Bertz CT molecular complexity index is 731. The molecule has 3 rings (SSSR count). The van der Waals surface area contributed by atoms with E-state index in [0.717, 1.165) is 0 Å². The van der Waals surface area contributed by atoms with Gasteiger partial charge in [-0.1, -0.05) is 6.92 Å². The van der Waals surface area contributed by atoms with E-state index in [9.17, 15) is 30.6 Å². The number of nitrogens with two attached hydrogens (primary N) is 4. The molecule has 2 heterocycles. The van der Waals surface area contributed by atoms with E-state index in [1.807, 2.05) is 6.92 Å². The van der Waals surface area contributed by atoms with Crippen LogP contribution in [0.2, 0.25) is 0 Å². The maximum Gasteiger partial charge on any atom is 0.186 e. The van der Waals surface area contributed by atoms with Crippen molar-refractivity contribution in [2.75, 3.05) is 32.8 Å². The topological polar surface area (TPSA) is 286 Å². The van der Waals surface area contributed by atoms with Crippen LogP contribution >= 0.6 is 0 Å². The smallest absolute Gasteiger partial charge is 0.186 e. The number of likely N-dealkylation sites (N-methyl/N-ethyl adjacent to an activating group) is 1. The lowest BCUT2D eigenvalue weighted by Gasteiger charge is -2.48. The van der Waals surface area contributed by atoms with E-state index in [1.54, 1.807) is 0 Å². The monoisotopic (exact) mass is 568 g/mol. The van der Waals surface area contributed by atoms with Gasteiger partial charge in [-0.2, -0.15) is 0 Å². The largest absolute Gasteiger partial charge is 0.394 e. The van der Waals surface area contributed by atoms with Gasteiger partial charge in [0.2, 0.25) is 0 Å². The van der Waals surface area contributed by atoms with Crippen molar-refractivity contribution in [2.24, 2.45) is 22.9 Å². The van der Waals surface area contributed by atoms with Crippen molar-refractivity contribution in [3.05, 3.63) is 0 Å². The summed E-state index contributed by atoms with van der Waals surface area (Å²) in [5.41, 5.74) is 24.1. The van der Waals surface area contributed by atoms with Gasteiger partial charge in [0.1, 0.15) is 36.6 Å². The number of hydrogen-bond donors (Lipinski definition) is 12. The maximum absolute atomic E-state index is 11.4. The molecule has 39 heavy (non-hydrogen) atoms. The van der Waals surface area contributed by atoms with Gasteiger partial charge in [0.25, 0.3) is 0 Å². The quantitative estimate of drug-likeness (QED) is 0.104. The van der Waals surface area contributed by atoms with Gasteiger partial charge in [0.05, 0.1) is 37.0 Å². The first kappa shape index (κ1) is 32.9. The molecule has 16 N–H and O–H groups in total. The highest BCUT2D eigenvalue weighted by Gasteiger charge is 2.51. The van der Waals surface area contributed by atoms with Gasteiger partial charge >= 0.3 is 0 Å². The van der Waals surface area contributed by atoms with E-state index in [0.29, 0.717) is 13.1 Å². The molecule has 0 radical (unpaired) electrons. The SMILES string of the molecule is CCNC[C@H]1O[C@H](OC2[C@@H](N)C[C@@H](NCC(O)CN)[C@H](O[C@H]3O[C@H](CO)[C@@H](O)[C@H](N)[C@H]3O)[C@H]2O)[C@H](N)C[C@@H]1O. The fourth-order valence-electron chi connectivity index (χ4n) is 5.21. The zero-order chi connectivity index (χ0) is 28.9. The summed E-state index contributed by atoms with van der Waals surface area (Å²) >= 11 is 0. The summed E-state index contributed by atoms with van der Waals surface area (Å²) in [7, 11) is 0. The lowest BCUT2D eigenvalue weighted by molar-refractivity contribution is -0.316. The third kappa shape index (κ3) is 8.01. The maximum atomic E-state index is 11.4. The second-order valence-electron chi connectivity index (χ2n) is 10.6. The van der Waals surface area contributed by atoms with Crippen LogP contribution in [0, 0.1) is 0 Å². The molecule has 0 aromatic rings. The van der Waals surface area contributed by atoms with Gasteiger partial charge in [-0.05, 0) is 19.4 Å². The van der Waals surface area contributed by atoms with E-state index in [1.165, 1.54) is 0 Å². The molecule has 230 valence electrons. The third-order valence-electron chi connectivity index (χ3n) is 7.62. The molecule has 1 saturated carbocycles. The lowest BCUT2D eigenvalue weighted by Crippen LogP contribution is -2.69. The second kappa shape index (κ2) is 15.0. The first-order valence-electron chi connectivity index (χ1n) is 13.6. The molecule has 2 aliphatic heterocycles. The minimum atomic E-state index is -1.48. The van der Waals surface area contributed by atoms with Gasteiger partial charge in [-0.15, -0.1) is 0 Å². The van der Waals surface area contributed by atoms with Crippen LogP contribution in [0.25, 0.3) is 0 Å². The Labute approximate surface area is 227 Å². The van der Waals surface area contributed by atoms with Crippen molar-refractivity contribution in [1.29, 1.82) is 0 Å². The Balaban J connectivity index is 1.78. The molecule has 0 amide bonds. The van der Waals surface area contributed by atoms with Crippen molar-refractivity contribution in [3.8, 4) is 0 Å². The van der Waals surface area contributed by atoms with E-state index in [4.69, 9.17) is 41.9 Å². The number of rotatable bonds is 12. The minimum absolute atomic E-state index is 0.00221. The van der Waals surface area contributed by atoms with E-state index >= 15 is 0 Å². The van der Waals surface area contributed by atoms with Gasteiger partial charge in [0.15, 0.2) is 12.6 Å². The molecule has 0 aromatic heterocycles. The number of hydrogen-bond acceptors (Lipinski definition) is 16. The molecule has 15 atom stereocenters. The van der Waals surface area contributed by atoms with E-state index < -0.39 is 98.3 Å². The molecule has 3 aliphatic rings. The predicted molar refractivity (Wildman–Crippen MR) is 137 cm³/mol. The number of ether oxygens (including phenoxy) is 4. The molecule has 16 nitrogen and oxygen atoms in total. The summed E-state index contributed by atoms with van der Waals surface area (Å²) in [5.74, 6) is 0. The van der Waals surface area contributed by atoms with Crippen molar-refractivity contribution in [2.45, 2.75) is 111 Å². The Kier molecular flexibility index (Phi) is 12.7.